The summed E-state index contributed by atoms with van der Waals surface area (Å²) in [7, 11) is 0. The van der Waals surface area contributed by atoms with Crippen LogP contribution in [-0.4, -0.2) is 32.8 Å². The third-order valence-corrected chi connectivity index (χ3v) is 3.92. The molecule has 3 rings (SSSR count). The molecule has 2 aromatic rings. The molecular weight excluding hydrogens is 271 g/mol. The molecule has 1 N–H and O–H groups in total. The first-order valence-electron chi connectivity index (χ1n) is 7.10. The fourth-order valence-electron chi connectivity index (χ4n) is 2.86. The van der Waals surface area contributed by atoms with E-state index in [1.165, 1.54) is 12.1 Å². The Kier molecular flexibility index (Phi) is 3.68. The first-order chi connectivity index (χ1) is 10.2. The van der Waals surface area contributed by atoms with Crippen molar-refractivity contribution in [3.8, 4) is 0 Å². The molecule has 6 heteroatoms. The fourth-order valence-corrected chi connectivity index (χ4v) is 2.86. The minimum Gasteiger partial charge on any atom is -0.330 e. The number of aromatic amines is 1. The molecule has 1 atom stereocenters. The highest BCUT2D eigenvalue weighted by atomic mass is 19.1. The van der Waals surface area contributed by atoms with Gasteiger partial charge in [-0.05, 0) is 43.9 Å². The lowest BCUT2D eigenvalue weighted by Crippen LogP contribution is -2.39. The molecule has 0 aliphatic carbocycles. The van der Waals surface area contributed by atoms with Gasteiger partial charge in [0.05, 0.1) is 11.7 Å². The number of nitrogens with zero attached hydrogens (tertiary/aromatic N) is 3. The molecule has 1 aliphatic rings. The van der Waals surface area contributed by atoms with Crippen LogP contribution in [0.2, 0.25) is 0 Å². The Morgan fingerprint density at radius 2 is 2.24 bits per heavy atom. The molecule has 1 fully saturated rings. The minimum absolute atomic E-state index is 0.0990. The van der Waals surface area contributed by atoms with Gasteiger partial charge in [0, 0.05) is 6.54 Å². The number of rotatable bonds is 2. The third kappa shape index (κ3) is 2.66. The van der Waals surface area contributed by atoms with Crippen LogP contribution < -0.4 is 0 Å². The lowest BCUT2D eigenvalue weighted by Gasteiger charge is -2.35. The predicted molar refractivity (Wildman–Crippen MR) is 75.1 cm³/mol. The van der Waals surface area contributed by atoms with Crippen LogP contribution >= 0.6 is 0 Å². The fraction of sp³-hybridized carbons (Fsp3) is 0.400. The van der Waals surface area contributed by atoms with Gasteiger partial charge in [-0.2, -0.15) is 15.4 Å². The topological polar surface area (TPSA) is 61.9 Å². The van der Waals surface area contributed by atoms with E-state index in [1.54, 1.807) is 17.9 Å². The number of halogens is 1. The molecule has 5 nitrogen and oxygen atoms in total. The standard InChI is InChI=1S/C15H17FN4O/c1-10-14(18-19-17-10)15(21)20-8-3-2-7-13(20)11-5-4-6-12(16)9-11/h4-6,9,13H,2-3,7-8H2,1H3,(H,17,18,19). The summed E-state index contributed by atoms with van der Waals surface area (Å²) in [6, 6.07) is 6.38. The van der Waals surface area contributed by atoms with Crippen LogP contribution in [0.25, 0.3) is 0 Å². The molecule has 1 aliphatic heterocycles. The van der Waals surface area contributed by atoms with Gasteiger partial charge in [0.2, 0.25) is 0 Å². The number of carbonyl (C=O) groups excluding carboxylic acids is 1. The number of aromatic nitrogens is 3. The van der Waals surface area contributed by atoms with E-state index >= 15 is 0 Å². The summed E-state index contributed by atoms with van der Waals surface area (Å²) in [4.78, 5) is 14.4. The van der Waals surface area contributed by atoms with E-state index < -0.39 is 0 Å². The van der Waals surface area contributed by atoms with Gasteiger partial charge in [-0.15, -0.1) is 0 Å². The van der Waals surface area contributed by atoms with E-state index in [4.69, 9.17) is 0 Å². The van der Waals surface area contributed by atoms with Crippen molar-refractivity contribution in [2.45, 2.75) is 32.2 Å². The molecule has 0 bridgehead atoms. The van der Waals surface area contributed by atoms with Gasteiger partial charge in [-0.25, -0.2) is 4.39 Å². The lowest BCUT2D eigenvalue weighted by molar-refractivity contribution is 0.0604. The molecule has 2 heterocycles. The monoisotopic (exact) mass is 288 g/mol. The second-order valence-electron chi connectivity index (χ2n) is 5.32. The third-order valence-electron chi connectivity index (χ3n) is 3.92. The SMILES string of the molecule is Cc1n[nH]nc1C(=O)N1CCCCC1c1cccc(F)c1. The van der Waals surface area contributed by atoms with E-state index in [-0.39, 0.29) is 17.8 Å². The molecular formula is C15H17FN4O. The number of likely N-dealkylation sites (tertiary alicyclic amines) is 1. The van der Waals surface area contributed by atoms with Crippen LogP contribution in [0.15, 0.2) is 24.3 Å². The Morgan fingerprint density at radius 1 is 1.38 bits per heavy atom. The summed E-state index contributed by atoms with van der Waals surface area (Å²) in [6.45, 7) is 2.41. The van der Waals surface area contributed by atoms with E-state index in [0.29, 0.717) is 17.9 Å². The van der Waals surface area contributed by atoms with Crippen molar-refractivity contribution in [1.29, 1.82) is 0 Å². The number of benzene rings is 1. The van der Waals surface area contributed by atoms with Crippen LogP contribution in [0, 0.1) is 12.7 Å². The Labute approximate surface area is 122 Å². The van der Waals surface area contributed by atoms with Gasteiger partial charge in [0.25, 0.3) is 5.91 Å². The predicted octanol–water partition coefficient (Wildman–Crippen LogP) is 2.62. The smallest absolute Gasteiger partial charge is 0.276 e. The van der Waals surface area contributed by atoms with Gasteiger partial charge in [-0.3, -0.25) is 4.79 Å². The van der Waals surface area contributed by atoms with Crippen molar-refractivity contribution >= 4 is 5.91 Å². The Morgan fingerprint density at radius 3 is 2.95 bits per heavy atom. The van der Waals surface area contributed by atoms with Crippen LogP contribution in [0.1, 0.15) is 47.1 Å². The zero-order valence-corrected chi connectivity index (χ0v) is 11.8. The van der Waals surface area contributed by atoms with Crippen molar-refractivity contribution in [3.63, 3.8) is 0 Å². The summed E-state index contributed by atoms with van der Waals surface area (Å²) in [6.07, 6.45) is 2.82. The molecule has 0 saturated carbocycles. The lowest BCUT2D eigenvalue weighted by atomic mass is 9.94. The maximum atomic E-state index is 13.5. The number of hydrogen-bond acceptors (Lipinski definition) is 3. The van der Waals surface area contributed by atoms with E-state index in [9.17, 15) is 9.18 Å². The van der Waals surface area contributed by atoms with Gasteiger partial charge in [0.1, 0.15) is 5.82 Å². The highest BCUT2D eigenvalue weighted by Gasteiger charge is 2.31. The summed E-state index contributed by atoms with van der Waals surface area (Å²) >= 11 is 0. The Balaban J connectivity index is 1.92. The van der Waals surface area contributed by atoms with Crippen molar-refractivity contribution in [2.24, 2.45) is 0 Å². The molecule has 110 valence electrons. The second-order valence-corrected chi connectivity index (χ2v) is 5.32. The number of carbonyl (C=O) groups is 1. The molecule has 21 heavy (non-hydrogen) atoms. The maximum absolute atomic E-state index is 13.5. The zero-order valence-electron chi connectivity index (χ0n) is 11.8. The van der Waals surface area contributed by atoms with Crippen molar-refractivity contribution in [3.05, 3.63) is 47.0 Å². The number of hydrogen-bond donors (Lipinski definition) is 1. The van der Waals surface area contributed by atoms with E-state index in [0.717, 1.165) is 24.8 Å². The molecule has 1 aromatic carbocycles. The van der Waals surface area contributed by atoms with Crippen LogP contribution in [0.5, 0.6) is 0 Å². The quantitative estimate of drug-likeness (QED) is 0.924. The highest BCUT2D eigenvalue weighted by molar-refractivity contribution is 5.93. The molecule has 0 radical (unpaired) electrons. The summed E-state index contributed by atoms with van der Waals surface area (Å²) in [5.41, 5.74) is 1.77. The summed E-state index contributed by atoms with van der Waals surface area (Å²) < 4.78 is 13.5. The van der Waals surface area contributed by atoms with Crippen LogP contribution in [0.3, 0.4) is 0 Å². The summed E-state index contributed by atoms with van der Waals surface area (Å²) in [5.74, 6) is -0.418. The van der Waals surface area contributed by atoms with Gasteiger partial charge < -0.3 is 4.90 Å². The summed E-state index contributed by atoms with van der Waals surface area (Å²) in [5, 5.41) is 10.3. The molecule has 1 aromatic heterocycles. The maximum Gasteiger partial charge on any atom is 0.276 e. The first-order valence-corrected chi connectivity index (χ1v) is 7.10. The highest BCUT2D eigenvalue weighted by Crippen LogP contribution is 2.32. The van der Waals surface area contributed by atoms with Gasteiger partial charge >= 0.3 is 0 Å². The Bertz CT molecular complexity index is 655. The Hall–Kier alpha value is -2.24. The molecule has 1 saturated heterocycles. The average Bonchev–Trinajstić information content (AvgIpc) is 2.93. The van der Waals surface area contributed by atoms with Crippen molar-refractivity contribution in [1.82, 2.24) is 20.3 Å². The minimum atomic E-state index is -0.275. The van der Waals surface area contributed by atoms with Gasteiger partial charge in [0.15, 0.2) is 5.69 Å². The largest absolute Gasteiger partial charge is 0.330 e. The number of nitrogens with one attached hydrogen (secondary N) is 1. The van der Waals surface area contributed by atoms with Crippen molar-refractivity contribution in [2.75, 3.05) is 6.54 Å². The number of piperidine rings is 1. The zero-order chi connectivity index (χ0) is 14.8. The number of aryl methyl sites for hydroxylation is 1. The number of H-pyrrole nitrogens is 1. The van der Waals surface area contributed by atoms with E-state index in [2.05, 4.69) is 15.4 Å². The average molecular weight is 288 g/mol. The second kappa shape index (κ2) is 5.63. The first kappa shape index (κ1) is 13.7. The van der Waals surface area contributed by atoms with Gasteiger partial charge in [-0.1, -0.05) is 12.1 Å². The van der Waals surface area contributed by atoms with E-state index in [1.807, 2.05) is 6.07 Å². The molecule has 0 spiro atoms. The van der Waals surface area contributed by atoms with Crippen molar-refractivity contribution < 1.29 is 9.18 Å². The van der Waals surface area contributed by atoms with Crippen LogP contribution in [-0.2, 0) is 0 Å². The normalized spacial score (nSPS) is 18.8. The number of amides is 1. The molecule has 1 unspecified atom stereocenters. The van der Waals surface area contributed by atoms with Crippen LogP contribution in [0.4, 0.5) is 4.39 Å². The molecule has 1 amide bonds.